The fraction of sp³-hybridized carbons (Fsp3) is 0.438. The number of hydrogen-bond acceptors (Lipinski definition) is 5. The van der Waals surface area contributed by atoms with Gasteiger partial charge in [0, 0.05) is 50.7 Å². The summed E-state index contributed by atoms with van der Waals surface area (Å²) in [5.74, 6) is 0.192. The van der Waals surface area contributed by atoms with E-state index < -0.39 is 0 Å². The number of aryl methyl sites for hydroxylation is 3. The third kappa shape index (κ3) is 2.33. The molecular formula is C16H20N6OS. The normalized spacial score (nSPS) is 21.1. The van der Waals surface area contributed by atoms with Gasteiger partial charge in [-0.25, -0.2) is 0 Å². The van der Waals surface area contributed by atoms with E-state index in [4.69, 9.17) is 5.73 Å². The van der Waals surface area contributed by atoms with Crippen molar-refractivity contribution < 1.29 is 4.79 Å². The summed E-state index contributed by atoms with van der Waals surface area (Å²) >= 11 is 1.49. The van der Waals surface area contributed by atoms with Crippen LogP contribution in [0.25, 0.3) is 10.2 Å². The van der Waals surface area contributed by atoms with Crippen molar-refractivity contribution >= 4 is 27.5 Å². The molecule has 4 heterocycles. The summed E-state index contributed by atoms with van der Waals surface area (Å²) in [6.07, 6.45) is 3.82. The number of likely N-dealkylation sites (tertiary alicyclic amines) is 1. The zero-order valence-electron chi connectivity index (χ0n) is 13.9. The molecule has 0 radical (unpaired) electrons. The maximum absolute atomic E-state index is 12.9. The third-order valence-corrected chi connectivity index (χ3v) is 5.90. The van der Waals surface area contributed by atoms with Gasteiger partial charge in [-0.15, -0.1) is 11.3 Å². The predicted molar refractivity (Wildman–Crippen MR) is 93.2 cm³/mol. The van der Waals surface area contributed by atoms with Gasteiger partial charge in [0.15, 0.2) is 0 Å². The van der Waals surface area contributed by atoms with Crippen LogP contribution in [-0.4, -0.2) is 49.5 Å². The highest BCUT2D eigenvalue weighted by atomic mass is 32.1. The smallest absolute Gasteiger partial charge is 0.264 e. The van der Waals surface area contributed by atoms with E-state index in [-0.39, 0.29) is 17.9 Å². The molecule has 1 amide bonds. The summed E-state index contributed by atoms with van der Waals surface area (Å²) in [4.78, 5) is 16.5. The molecule has 7 nitrogen and oxygen atoms in total. The molecule has 0 bridgehead atoms. The number of nitrogens with zero attached hydrogens (tertiary/aromatic N) is 5. The van der Waals surface area contributed by atoms with E-state index in [0.717, 1.165) is 26.4 Å². The molecule has 0 spiro atoms. The van der Waals surface area contributed by atoms with Gasteiger partial charge in [0.1, 0.15) is 4.83 Å². The summed E-state index contributed by atoms with van der Waals surface area (Å²) < 4.78 is 3.61. The lowest BCUT2D eigenvalue weighted by molar-refractivity contribution is 0.0794. The van der Waals surface area contributed by atoms with Crippen LogP contribution in [0.5, 0.6) is 0 Å². The number of rotatable bonds is 2. The Labute approximate surface area is 143 Å². The molecule has 3 aromatic rings. The molecule has 24 heavy (non-hydrogen) atoms. The molecular weight excluding hydrogens is 324 g/mol. The molecule has 2 atom stereocenters. The lowest BCUT2D eigenvalue weighted by Crippen LogP contribution is -2.31. The Bertz CT molecular complexity index is 888. The summed E-state index contributed by atoms with van der Waals surface area (Å²) in [7, 11) is 3.80. The fourth-order valence-corrected chi connectivity index (χ4v) is 4.54. The van der Waals surface area contributed by atoms with Crippen molar-refractivity contribution in [3.05, 3.63) is 34.6 Å². The van der Waals surface area contributed by atoms with E-state index >= 15 is 0 Å². The average molecular weight is 344 g/mol. The van der Waals surface area contributed by atoms with Gasteiger partial charge in [-0.05, 0) is 18.6 Å². The number of nitrogens with two attached hydrogens (primary N) is 1. The summed E-state index contributed by atoms with van der Waals surface area (Å²) in [5.41, 5.74) is 8.34. The first-order valence-corrected chi connectivity index (χ1v) is 8.72. The molecule has 3 aromatic heterocycles. The van der Waals surface area contributed by atoms with Gasteiger partial charge >= 0.3 is 0 Å². The number of amides is 1. The highest BCUT2D eigenvalue weighted by molar-refractivity contribution is 7.20. The number of hydrogen-bond donors (Lipinski definition) is 1. The second kappa shape index (κ2) is 5.42. The van der Waals surface area contributed by atoms with Gasteiger partial charge in [0.2, 0.25) is 0 Å². The number of aromatic nitrogens is 4. The molecule has 1 aliphatic rings. The minimum Gasteiger partial charge on any atom is -0.336 e. The summed E-state index contributed by atoms with van der Waals surface area (Å²) in [5, 5.41) is 9.66. The van der Waals surface area contributed by atoms with Crippen LogP contribution in [0.15, 0.2) is 18.5 Å². The molecule has 1 aliphatic heterocycles. The van der Waals surface area contributed by atoms with Crippen LogP contribution in [-0.2, 0) is 14.1 Å². The molecule has 0 aliphatic carbocycles. The van der Waals surface area contributed by atoms with Crippen molar-refractivity contribution in [1.29, 1.82) is 0 Å². The minimum atomic E-state index is -0.0593. The molecule has 4 rings (SSSR count). The molecule has 0 saturated carbocycles. The Morgan fingerprint density at radius 2 is 2.17 bits per heavy atom. The van der Waals surface area contributed by atoms with Gasteiger partial charge in [-0.1, -0.05) is 0 Å². The molecule has 8 heteroatoms. The van der Waals surface area contributed by atoms with E-state index in [1.54, 1.807) is 4.68 Å². The van der Waals surface area contributed by atoms with Gasteiger partial charge < -0.3 is 10.6 Å². The Morgan fingerprint density at radius 1 is 1.38 bits per heavy atom. The van der Waals surface area contributed by atoms with Crippen LogP contribution in [0.4, 0.5) is 0 Å². The lowest BCUT2D eigenvalue weighted by Gasteiger charge is -2.14. The molecule has 126 valence electrons. The Hall–Kier alpha value is -2.19. The average Bonchev–Trinajstić information content (AvgIpc) is 3.26. The van der Waals surface area contributed by atoms with Crippen molar-refractivity contribution in [2.75, 3.05) is 13.1 Å². The summed E-state index contributed by atoms with van der Waals surface area (Å²) in [6.45, 7) is 3.18. The first-order chi connectivity index (χ1) is 11.4. The second-order valence-electron chi connectivity index (χ2n) is 6.47. The maximum atomic E-state index is 12.9. The maximum Gasteiger partial charge on any atom is 0.264 e. The van der Waals surface area contributed by atoms with Crippen LogP contribution < -0.4 is 5.73 Å². The van der Waals surface area contributed by atoms with Crippen LogP contribution in [0.2, 0.25) is 0 Å². The number of thiophene rings is 1. The van der Waals surface area contributed by atoms with E-state index in [1.165, 1.54) is 11.3 Å². The Morgan fingerprint density at radius 3 is 2.83 bits per heavy atom. The predicted octanol–water partition coefficient (Wildman–Crippen LogP) is 1.24. The van der Waals surface area contributed by atoms with E-state index in [9.17, 15) is 4.79 Å². The minimum absolute atomic E-state index is 0.0532. The van der Waals surface area contributed by atoms with Gasteiger partial charge in [0.25, 0.3) is 5.91 Å². The lowest BCUT2D eigenvalue weighted by atomic mass is 9.98. The monoisotopic (exact) mass is 344 g/mol. The Kier molecular flexibility index (Phi) is 3.47. The highest BCUT2D eigenvalue weighted by Gasteiger charge is 2.35. The topological polar surface area (TPSA) is 82.0 Å². The van der Waals surface area contributed by atoms with Gasteiger partial charge in [0.05, 0.1) is 16.8 Å². The van der Waals surface area contributed by atoms with Crippen LogP contribution in [0.3, 0.4) is 0 Å². The highest BCUT2D eigenvalue weighted by Crippen LogP contribution is 2.31. The number of carbonyl (C=O) groups excluding carboxylic acids is 1. The quantitative estimate of drug-likeness (QED) is 0.758. The van der Waals surface area contributed by atoms with Gasteiger partial charge in [-0.3, -0.25) is 14.2 Å². The van der Waals surface area contributed by atoms with Crippen molar-refractivity contribution in [2.45, 2.75) is 18.9 Å². The van der Waals surface area contributed by atoms with Crippen LogP contribution in [0.1, 0.15) is 26.8 Å². The zero-order valence-corrected chi connectivity index (χ0v) is 14.7. The van der Waals surface area contributed by atoms with Crippen LogP contribution >= 0.6 is 11.3 Å². The molecule has 1 saturated heterocycles. The van der Waals surface area contributed by atoms with Crippen molar-refractivity contribution in [3.63, 3.8) is 0 Å². The molecule has 0 unspecified atom stereocenters. The number of carbonyl (C=O) groups is 1. The zero-order chi connectivity index (χ0) is 17.0. The number of fused-ring (bicyclic) bond motifs is 1. The first kappa shape index (κ1) is 15.3. The van der Waals surface area contributed by atoms with E-state index in [2.05, 4.69) is 10.2 Å². The molecule has 0 aromatic carbocycles. The standard InChI is InChI=1S/C16H20N6OS/c1-9-11-4-14(24-16(11)21(3)19-9)15(23)22-7-12(13(17)8-22)10-5-18-20(2)6-10/h4-6,12-13H,7-8,17H2,1-3H3/t12-,13+/m0/s1. The Balaban J connectivity index is 1.59. The van der Waals surface area contributed by atoms with Crippen molar-refractivity contribution in [1.82, 2.24) is 24.5 Å². The van der Waals surface area contributed by atoms with E-state index in [0.29, 0.717) is 13.1 Å². The van der Waals surface area contributed by atoms with Gasteiger partial charge in [-0.2, -0.15) is 10.2 Å². The SMILES string of the molecule is Cc1nn(C)c2sc(C(=O)N3C[C@@H](N)[C@H](c4cnn(C)c4)C3)cc12. The van der Waals surface area contributed by atoms with E-state index in [1.807, 2.05) is 49.1 Å². The largest absolute Gasteiger partial charge is 0.336 e. The molecule has 1 fully saturated rings. The molecule has 2 N–H and O–H groups in total. The fourth-order valence-electron chi connectivity index (χ4n) is 3.45. The summed E-state index contributed by atoms with van der Waals surface area (Å²) in [6, 6.07) is 1.89. The third-order valence-electron chi connectivity index (χ3n) is 4.71. The van der Waals surface area contributed by atoms with Crippen LogP contribution in [0, 0.1) is 6.92 Å². The second-order valence-corrected chi connectivity index (χ2v) is 7.50. The van der Waals surface area contributed by atoms with Crippen molar-refractivity contribution in [3.8, 4) is 0 Å². The first-order valence-electron chi connectivity index (χ1n) is 7.90. The van der Waals surface area contributed by atoms with Crippen molar-refractivity contribution in [2.24, 2.45) is 19.8 Å².